The number of piperidine rings is 1. The second-order valence-corrected chi connectivity index (χ2v) is 13.4. The zero-order valence-corrected chi connectivity index (χ0v) is 22.1. The molecule has 0 aliphatic carbocycles. The molecule has 1 unspecified atom stereocenters. The smallest absolute Gasteiger partial charge is 0.252 e. The number of anilines is 1. The Balaban J connectivity index is 1.45. The van der Waals surface area contributed by atoms with Crippen molar-refractivity contribution in [2.24, 2.45) is 5.92 Å². The van der Waals surface area contributed by atoms with Crippen molar-refractivity contribution in [3.63, 3.8) is 0 Å². The topological polar surface area (TPSA) is 83.5 Å². The number of benzene rings is 1. The van der Waals surface area contributed by atoms with Gasteiger partial charge >= 0.3 is 0 Å². The summed E-state index contributed by atoms with van der Waals surface area (Å²) in [6.45, 7) is 2.79. The van der Waals surface area contributed by atoms with Crippen molar-refractivity contribution in [3.05, 3.63) is 70.3 Å². The normalized spacial score (nSPS) is 17.0. The molecule has 0 bridgehead atoms. The Labute approximate surface area is 217 Å². The van der Waals surface area contributed by atoms with Crippen LogP contribution in [0.5, 0.6) is 0 Å². The predicted octanol–water partition coefficient (Wildman–Crippen LogP) is 5.35. The van der Waals surface area contributed by atoms with Crippen molar-refractivity contribution in [1.29, 1.82) is 0 Å². The summed E-state index contributed by atoms with van der Waals surface area (Å²) in [5.74, 6) is -0.623. The van der Waals surface area contributed by atoms with E-state index in [2.05, 4.69) is 11.1 Å². The molecule has 0 saturated carbocycles. The second kappa shape index (κ2) is 9.94. The average molecular weight is 547 g/mol. The molecule has 0 spiro atoms. The third-order valence-electron chi connectivity index (χ3n) is 5.95. The molecule has 11 heteroatoms. The van der Waals surface area contributed by atoms with Crippen molar-refractivity contribution in [1.82, 2.24) is 14.3 Å². The van der Waals surface area contributed by atoms with Gasteiger partial charge < -0.3 is 0 Å². The molecule has 3 aromatic heterocycles. The Morgan fingerprint density at radius 3 is 2.80 bits per heavy atom. The van der Waals surface area contributed by atoms with Crippen LogP contribution in [0.3, 0.4) is 0 Å². The van der Waals surface area contributed by atoms with E-state index in [4.69, 9.17) is 16.6 Å². The molecular weight excluding hydrogens is 524 g/mol. The lowest BCUT2D eigenvalue weighted by molar-refractivity contribution is -0.123. The number of thiophene rings is 1. The zero-order valence-electron chi connectivity index (χ0n) is 18.9. The number of pyridine rings is 1. The SMILES string of the molecule is Cc1ccc2nc(N(Cc3ccccn3)C(=O)C3CCCN(S(=O)(=O)c4ccc(Cl)s4)C3)sc2c1. The van der Waals surface area contributed by atoms with Crippen molar-refractivity contribution in [2.45, 2.75) is 30.5 Å². The Kier molecular flexibility index (Phi) is 6.91. The highest BCUT2D eigenvalue weighted by atomic mass is 35.5. The predicted molar refractivity (Wildman–Crippen MR) is 141 cm³/mol. The van der Waals surface area contributed by atoms with E-state index in [0.717, 1.165) is 32.8 Å². The quantitative estimate of drug-likeness (QED) is 0.325. The van der Waals surface area contributed by atoms with Crippen LogP contribution in [-0.4, -0.2) is 41.7 Å². The van der Waals surface area contributed by atoms with Gasteiger partial charge in [0.25, 0.3) is 10.0 Å². The van der Waals surface area contributed by atoms with Gasteiger partial charge in [-0.25, -0.2) is 13.4 Å². The van der Waals surface area contributed by atoms with Gasteiger partial charge in [0.15, 0.2) is 5.13 Å². The number of aromatic nitrogens is 2. The summed E-state index contributed by atoms with van der Waals surface area (Å²) in [5, 5.41) is 0.589. The van der Waals surface area contributed by atoms with E-state index < -0.39 is 15.9 Å². The number of hydrogen-bond acceptors (Lipinski definition) is 7. The van der Waals surface area contributed by atoms with Crippen LogP contribution in [0.1, 0.15) is 24.1 Å². The van der Waals surface area contributed by atoms with E-state index >= 15 is 0 Å². The molecule has 182 valence electrons. The minimum absolute atomic E-state index is 0.124. The van der Waals surface area contributed by atoms with Crippen LogP contribution in [0, 0.1) is 12.8 Å². The van der Waals surface area contributed by atoms with E-state index in [1.54, 1.807) is 17.2 Å². The maximum Gasteiger partial charge on any atom is 0.252 e. The summed E-state index contributed by atoms with van der Waals surface area (Å²) in [6, 6.07) is 14.7. The van der Waals surface area contributed by atoms with Gasteiger partial charge in [0.1, 0.15) is 4.21 Å². The summed E-state index contributed by atoms with van der Waals surface area (Å²) in [4.78, 5) is 24.7. The summed E-state index contributed by atoms with van der Waals surface area (Å²) >= 11 is 8.47. The molecule has 1 aromatic carbocycles. The van der Waals surface area contributed by atoms with Gasteiger partial charge in [-0.15, -0.1) is 11.3 Å². The van der Waals surface area contributed by atoms with Gasteiger partial charge in [0, 0.05) is 19.3 Å². The molecule has 1 aliphatic heterocycles. The molecule has 1 atom stereocenters. The van der Waals surface area contributed by atoms with Crippen LogP contribution < -0.4 is 4.90 Å². The molecule has 1 saturated heterocycles. The number of fused-ring (bicyclic) bond motifs is 1. The van der Waals surface area contributed by atoms with Crippen molar-refractivity contribution < 1.29 is 13.2 Å². The zero-order chi connectivity index (χ0) is 24.6. The molecular formula is C24H23ClN4O3S3. The molecule has 1 aliphatic rings. The monoisotopic (exact) mass is 546 g/mol. The molecule has 4 aromatic rings. The van der Waals surface area contributed by atoms with E-state index in [1.807, 2.05) is 37.3 Å². The van der Waals surface area contributed by atoms with Crippen LogP contribution >= 0.6 is 34.3 Å². The van der Waals surface area contributed by atoms with Crippen LogP contribution in [-0.2, 0) is 21.4 Å². The fraction of sp³-hybridized carbons (Fsp3) is 0.292. The molecule has 0 N–H and O–H groups in total. The molecule has 4 heterocycles. The largest absolute Gasteiger partial charge is 0.282 e. The fourth-order valence-corrected chi connectivity index (χ4v) is 8.40. The van der Waals surface area contributed by atoms with Crippen molar-refractivity contribution >= 4 is 65.6 Å². The first-order valence-corrected chi connectivity index (χ1v) is 14.6. The van der Waals surface area contributed by atoms with Gasteiger partial charge in [-0.2, -0.15) is 4.31 Å². The molecule has 7 nitrogen and oxygen atoms in total. The molecule has 1 amide bonds. The number of sulfonamides is 1. The Morgan fingerprint density at radius 1 is 1.20 bits per heavy atom. The molecule has 0 radical (unpaired) electrons. The lowest BCUT2D eigenvalue weighted by Gasteiger charge is -2.33. The van der Waals surface area contributed by atoms with Crippen molar-refractivity contribution in [2.75, 3.05) is 18.0 Å². The van der Waals surface area contributed by atoms with Gasteiger partial charge in [-0.3, -0.25) is 14.7 Å². The standard InChI is InChI=1S/C24H23ClN4O3S3/c1-16-7-8-19-20(13-16)33-24(27-19)29(15-18-6-2-3-11-26-18)23(30)17-5-4-12-28(14-17)35(31,32)22-10-9-21(25)34-22/h2-3,6-11,13,17H,4-5,12,14-15H2,1H3. The number of aryl methyl sites for hydroxylation is 1. The number of carbonyl (C=O) groups excluding carboxylic acids is 1. The second-order valence-electron chi connectivity index (χ2n) is 8.47. The van der Waals surface area contributed by atoms with Crippen molar-refractivity contribution in [3.8, 4) is 0 Å². The van der Waals surface area contributed by atoms with E-state index in [1.165, 1.54) is 21.7 Å². The lowest BCUT2D eigenvalue weighted by Crippen LogP contribution is -2.46. The maximum atomic E-state index is 13.9. The number of hydrogen-bond donors (Lipinski definition) is 0. The van der Waals surface area contributed by atoms with E-state index in [0.29, 0.717) is 28.9 Å². The first-order chi connectivity index (χ1) is 16.8. The van der Waals surface area contributed by atoms with Gasteiger partial charge in [-0.05, 0) is 61.7 Å². The first kappa shape index (κ1) is 24.3. The fourth-order valence-electron chi connectivity index (χ4n) is 4.17. The highest BCUT2D eigenvalue weighted by molar-refractivity contribution is 7.91. The average Bonchev–Trinajstić information content (AvgIpc) is 3.49. The Hall–Kier alpha value is -2.37. The number of thiazole rings is 1. The highest BCUT2D eigenvalue weighted by Gasteiger charge is 2.37. The van der Waals surface area contributed by atoms with E-state index in [9.17, 15) is 13.2 Å². The summed E-state index contributed by atoms with van der Waals surface area (Å²) < 4.78 is 29.4. The number of halogens is 1. The minimum atomic E-state index is -3.71. The van der Waals surface area contributed by atoms with Crippen LogP contribution in [0.2, 0.25) is 4.34 Å². The number of carbonyl (C=O) groups is 1. The Morgan fingerprint density at radius 2 is 2.06 bits per heavy atom. The highest BCUT2D eigenvalue weighted by Crippen LogP contribution is 2.34. The Bertz CT molecular complexity index is 1470. The van der Waals surface area contributed by atoms with Gasteiger partial charge in [0.2, 0.25) is 5.91 Å². The minimum Gasteiger partial charge on any atom is -0.282 e. The number of nitrogens with zero attached hydrogens (tertiary/aromatic N) is 4. The third kappa shape index (κ3) is 5.12. The van der Waals surface area contributed by atoms with Crippen LogP contribution in [0.25, 0.3) is 10.2 Å². The summed E-state index contributed by atoms with van der Waals surface area (Å²) in [6.07, 6.45) is 2.91. The van der Waals surface area contributed by atoms with Gasteiger partial charge in [0.05, 0.1) is 32.7 Å². The van der Waals surface area contributed by atoms with Crippen LogP contribution in [0.4, 0.5) is 5.13 Å². The van der Waals surface area contributed by atoms with Crippen LogP contribution in [0.15, 0.2) is 58.9 Å². The summed E-state index contributed by atoms with van der Waals surface area (Å²) in [7, 11) is -3.71. The molecule has 5 rings (SSSR count). The molecule has 1 fully saturated rings. The van der Waals surface area contributed by atoms with E-state index in [-0.39, 0.29) is 23.2 Å². The number of amides is 1. The van der Waals surface area contributed by atoms with Gasteiger partial charge in [-0.1, -0.05) is 35.1 Å². The number of rotatable bonds is 6. The lowest BCUT2D eigenvalue weighted by atomic mass is 9.98. The first-order valence-electron chi connectivity index (χ1n) is 11.2. The molecule has 35 heavy (non-hydrogen) atoms. The maximum absolute atomic E-state index is 13.9. The summed E-state index contributed by atoms with van der Waals surface area (Å²) in [5.41, 5.74) is 2.69. The third-order valence-corrected chi connectivity index (χ3v) is 10.6.